The Hall–Kier alpha value is -2.69. The quantitative estimate of drug-likeness (QED) is 0.681. The number of hydrogen-bond acceptors (Lipinski definition) is 5. The smallest absolute Gasteiger partial charge is 0.339 e. The van der Waals surface area contributed by atoms with Crippen molar-refractivity contribution in [1.29, 1.82) is 0 Å². The molecule has 1 aromatic carbocycles. The minimum Gasteiger partial charge on any atom is -0.454 e. The van der Waals surface area contributed by atoms with E-state index in [4.69, 9.17) is 9.26 Å². The molecule has 0 unspecified atom stereocenters. The first-order chi connectivity index (χ1) is 11.0. The second-order valence-electron chi connectivity index (χ2n) is 5.78. The third kappa shape index (κ3) is 3.23. The van der Waals surface area contributed by atoms with Gasteiger partial charge in [0.05, 0.1) is 16.8 Å². The van der Waals surface area contributed by atoms with Crippen LogP contribution in [0.25, 0.3) is 10.9 Å². The van der Waals surface area contributed by atoms with Crippen LogP contribution in [0.15, 0.2) is 40.9 Å². The lowest BCUT2D eigenvalue weighted by molar-refractivity contribution is 0.0439. The number of carbonyl (C=O) groups excluding carboxylic acids is 1. The lowest BCUT2D eigenvalue weighted by atomic mass is 10.0. The molecule has 0 amide bonds. The molecule has 0 aliphatic rings. The Bertz CT molecular complexity index is 852. The zero-order valence-electron chi connectivity index (χ0n) is 13.4. The molecule has 0 saturated heterocycles. The van der Waals surface area contributed by atoms with Crippen LogP contribution < -0.4 is 0 Å². The van der Waals surface area contributed by atoms with Gasteiger partial charge < -0.3 is 9.26 Å². The van der Waals surface area contributed by atoms with E-state index in [1.165, 1.54) is 0 Å². The zero-order valence-corrected chi connectivity index (χ0v) is 13.4. The van der Waals surface area contributed by atoms with Crippen molar-refractivity contribution in [3.63, 3.8) is 0 Å². The second-order valence-corrected chi connectivity index (χ2v) is 5.78. The predicted octanol–water partition coefficient (Wildman–Crippen LogP) is 4.01. The number of pyridine rings is 1. The highest BCUT2D eigenvalue weighted by Gasteiger charge is 2.16. The fraction of sp³-hybridized carbons (Fsp3) is 0.278. The molecule has 5 nitrogen and oxygen atoms in total. The average molecular weight is 310 g/mol. The Morgan fingerprint density at radius 1 is 1.26 bits per heavy atom. The van der Waals surface area contributed by atoms with E-state index in [0.29, 0.717) is 11.3 Å². The molecule has 118 valence electrons. The third-order valence-corrected chi connectivity index (χ3v) is 3.57. The molecule has 3 rings (SSSR count). The number of aromatic nitrogens is 2. The van der Waals surface area contributed by atoms with Crippen molar-refractivity contribution >= 4 is 16.9 Å². The number of hydrogen-bond donors (Lipinski definition) is 0. The van der Waals surface area contributed by atoms with Crippen molar-refractivity contribution in [2.75, 3.05) is 0 Å². The highest BCUT2D eigenvalue weighted by molar-refractivity contribution is 6.03. The Balaban J connectivity index is 1.92. The summed E-state index contributed by atoms with van der Waals surface area (Å²) in [5.74, 6) is 0.362. The van der Waals surface area contributed by atoms with Crippen LogP contribution in [0.4, 0.5) is 0 Å². The summed E-state index contributed by atoms with van der Waals surface area (Å²) in [7, 11) is 0. The summed E-state index contributed by atoms with van der Waals surface area (Å²) >= 11 is 0. The number of para-hydroxylation sites is 1. The summed E-state index contributed by atoms with van der Waals surface area (Å²) in [6.07, 6.45) is 0. The highest BCUT2D eigenvalue weighted by atomic mass is 16.5. The molecule has 0 radical (unpaired) electrons. The zero-order chi connectivity index (χ0) is 16.4. The van der Waals surface area contributed by atoms with Gasteiger partial charge in [-0.25, -0.2) is 4.79 Å². The Morgan fingerprint density at radius 3 is 2.74 bits per heavy atom. The maximum absolute atomic E-state index is 12.5. The van der Waals surface area contributed by atoms with Crippen molar-refractivity contribution < 1.29 is 14.1 Å². The number of nitrogens with zero attached hydrogens (tertiary/aromatic N) is 2. The minimum atomic E-state index is -0.389. The van der Waals surface area contributed by atoms with Gasteiger partial charge in [0, 0.05) is 17.1 Å². The number of benzene rings is 1. The van der Waals surface area contributed by atoms with E-state index in [2.05, 4.69) is 10.1 Å². The lowest BCUT2D eigenvalue weighted by Gasteiger charge is -2.11. The molecule has 0 aliphatic heterocycles. The summed E-state index contributed by atoms with van der Waals surface area (Å²) in [5.41, 5.74) is 2.94. The number of ether oxygens (including phenoxy) is 1. The van der Waals surface area contributed by atoms with E-state index in [1.54, 1.807) is 12.1 Å². The van der Waals surface area contributed by atoms with Gasteiger partial charge in [-0.15, -0.1) is 0 Å². The van der Waals surface area contributed by atoms with E-state index >= 15 is 0 Å². The largest absolute Gasteiger partial charge is 0.454 e. The van der Waals surface area contributed by atoms with E-state index in [9.17, 15) is 4.79 Å². The van der Waals surface area contributed by atoms with Crippen molar-refractivity contribution in [2.24, 2.45) is 0 Å². The number of rotatable bonds is 4. The summed E-state index contributed by atoms with van der Waals surface area (Å²) in [5, 5.41) is 4.57. The molecule has 0 saturated carbocycles. The van der Waals surface area contributed by atoms with Crippen molar-refractivity contribution in [3.8, 4) is 0 Å². The molecule has 0 bridgehead atoms. The van der Waals surface area contributed by atoms with Gasteiger partial charge in [0.2, 0.25) is 0 Å². The number of carbonyl (C=O) groups is 1. The Kier molecular flexibility index (Phi) is 4.10. The Labute approximate surface area is 134 Å². The SMILES string of the molecule is Cc1cc(COC(=O)c2cc(C(C)C)nc3ccccc23)on1. The van der Waals surface area contributed by atoms with Crippen LogP contribution in [0, 0.1) is 6.92 Å². The minimum absolute atomic E-state index is 0.0628. The molecule has 5 heteroatoms. The van der Waals surface area contributed by atoms with Gasteiger partial charge >= 0.3 is 5.97 Å². The molecular formula is C18H18N2O3. The van der Waals surface area contributed by atoms with Gasteiger partial charge in [0.1, 0.15) is 0 Å². The first-order valence-corrected chi connectivity index (χ1v) is 7.53. The van der Waals surface area contributed by atoms with Crippen LogP contribution in [0.2, 0.25) is 0 Å². The Morgan fingerprint density at radius 2 is 2.04 bits per heavy atom. The molecule has 2 aromatic heterocycles. The van der Waals surface area contributed by atoms with Crippen LogP contribution in [0.5, 0.6) is 0 Å². The second kappa shape index (κ2) is 6.20. The van der Waals surface area contributed by atoms with Crippen molar-refractivity contribution in [1.82, 2.24) is 10.1 Å². The number of aryl methyl sites for hydroxylation is 1. The summed E-state index contributed by atoms with van der Waals surface area (Å²) < 4.78 is 10.4. The molecule has 0 atom stereocenters. The van der Waals surface area contributed by atoms with E-state index in [1.807, 2.05) is 45.0 Å². The van der Waals surface area contributed by atoms with Crippen LogP contribution in [0.3, 0.4) is 0 Å². The van der Waals surface area contributed by atoms with Gasteiger partial charge in [0.25, 0.3) is 0 Å². The van der Waals surface area contributed by atoms with Gasteiger partial charge in [-0.2, -0.15) is 0 Å². The molecule has 2 heterocycles. The fourth-order valence-electron chi connectivity index (χ4n) is 2.36. The molecule has 0 aliphatic carbocycles. The normalized spacial score (nSPS) is 11.1. The monoisotopic (exact) mass is 310 g/mol. The van der Waals surface area contributed by atoms with Gasteiger partial charge in [-0.05, 0) is 25.0 Å². The topological polar surface area (TPSA) is 65.2 Å². The maximum Gasteiger partial charge on any atom is 0.339 e. The van der Waals surface area contributed by atoms with E-state index in [-0.39, 0.29) is 18.5 Å². The third-order valence-electron chi connectivity index (χ3n) is 3.57. The van der Waals surface area contributed by atoms with Gasteiger partial charge in [0.15, 0.2) is 12.4 Å². The average Bonchev–Trinajstić information content (AvgIpc) is 2.97. The van der Waals surface area contributed by atoms with Crippen LogP contribution in [0.1, 0.15) is 47.3 Å². The summed E-state index contributed by atoms with van der Waals surface area (Å²) in [6.45, 7) is 5.97. The van der Waals surface area contributed by atoms with Crippen LogP contribution >= 0.6 is 0 Å². The lowest BCUT2D eigenvalue weighted by Crippen LogP contribution is -2.08. The first-order valence-electron chi connectivity index (χ1n) is 7.53. The molecule has 0 spiro atoms. The summed E-state index contributed by atoms with van der Waals surface area (Å²) in [4.78, 5) is 17.1. The molecule has 0 fully saturated rings. The number of fused-ring (bicyclic) bond motifs is 1. The van der Waals surface area contributed by atoms with E-state index in [0.717, 1.165) is 22.3 Å². The molecule has 3 aromatic rings. The molecule has 0 N–H and O–H groups in total. The first kappa shape index (κ1) is 15.2. The maximum atomic E-state index is 12.5. The van der Waals surface area contributed by atoms with Gasteiger partial charge in [-0.3, -0.25) is 4.98 Å². The van der Waals surface area contributed by atoms with E-state index < -0.39 is 0 Å². The fourth-order valence-corrected chi connectivity index (χ4v) is 2.36. The number of esters is 1. The van der Waals surface area contributed by atoms with Crippen molar-refractivity contribution in [2.45, 2.75) is 33.3 Å². The molecule has 23 heavy (non-hydrogen) atoms. The van der Waals surface area contributed by atoms with Crippen molar-refractivity contribution in [3.05, 3.63) is 59.1 Å². The highest BCUT2D eigenvalue weighted by Crippen LogP contribution is 2.23. The standard InChI is InChI=1S/C18H18N2O3/c1-11(2)17-9-15(14-6-4-5-7-16(14)19-17)18(21)22-10-13-8-12(3)20-23-13/h4-9,11H,10H2,1-3H3. The summed E-state index contributed by atoms with van der Waals surface area (Å²) in [6, 6.07) is 11.1. The van der Waals surface area contributed by atoms with Crippen LogP contribution in [-0.4, -0.2) is 16.1 Å². The van der Waals surface area contributed by atoms with Gasteiger partial charge in [-0.1, -0.05) is 37.2 Å². The predicted molar refractivity (Wildman–Crippen MR) is 86.2 cm³/mol. The van der Waals surface area contributed by atoms with Crippen LogP contribution in [-0.2, 0) is 11.3 Å². The molecular weight excluding hydrogens is 292 g/mol.